The van der Waals surface area contributed by atoms with Crippen LogP contribution in [-0.4, -0.2) is 13.1 Å². The van der Waals surface area contributed by atoms with Gasteiger partial charge in [-0.05, 0) is 25.9 Å². The van der Waals surface area contributed by atoms with Crippen LogP contribution in [0.5, 0.6) is 0 Å². The van der Waals surface area contributed by atoms with Gasteiger partial charge in [0.25, 0.3) is 0 Å². The molecular formula is C4H9HfN. The zero-order valence-corrected chi connectivity index (χ0v) is 7.42. The van der Waals surface area contributed by atoms with Crippen molar-refractivity contribution in [3.05, 3.63) is 0 Å². The van der Waals surface area contributed by atoms with E-state index >= 15 is 0 Å². The third-order valence-electron chi connectivity index (χ3n) is 0.957. The van der Waals surface area contributed by atoms with Crippen LogP contribution in [0.25, 0.3) is 0 Å². The predicted octanol–water partition coefficient (Wildman–Crippen LogP) is 0.367. The summed E-state index contributed by atoms with van der Waals surface area (Å²) >= 11 is 0. The summed E-state index contributed by atoms with van der Waals surface area (Å²) < 4.78 is 0. The van der Waals surface area contributed by atoms with Gasteiger partial charge in [-0.3, -0.25) is 0 Å². The van der Waals surface area contributed by atoms with Crippen molar-refractivity contribution in [3.63, 3.8) is 0 Å². The molecule has 0 amide bonds. The van der Waals surface area contributed by atoms with E-state index in [0.717, 1.165) is 0 Å². The molecule has 0 unspecified atom stereocenters. The standard InChI is InChI=1S/C4H9N.Hf/c1-2-4-5-3-1;/h5H,1-4H2;. The first-order valence-corrected chi connectivity index (χ1v) is 2.21. The molecule has 1 aliphatic rings. The van der Waals surface area contributed by atoms with Crippen LogP contribution in [0, 0.1) is 0 Å². The summed E-state index contributed by atoms with van der Waals surface area (Å²) in [6, 6.07) is 0. The second-order valence-corrected chi connectivity index (χ2v) is 1.46. The van der Waals surface area contributed by atoms with Gasteiger partial charge < -0.3 is 5.32 Å². The Bertz CT molecular complexity index is 19.1. The molecule has 0 bridgehead atoms. The zero-order chi connectivity index (χ0) is 3.54. The van der Waals surface area contributed by atoms with Crippen molar-refractivity contribution in [3.8, 4) is 0 Å². The fraction of sp³-hybridized carbons (Fsp3) is 1.00. The summed E-state index contributed by atoms with van der Waals surface area (Å²) in [5, 5.41) is 3.22. The molecule has 0 aromatic heterocycles. The Hall–Kier alpha value is 0.830. The van der Waals surface area contributed by atoms with Crippen molar-refractivity contribution in [2.45, 2.75) is 12.8 Å². The van der Waals surface area contributed by atoms with E-state index in [-0.39, 0.29) is 25.8 Å². The van der Waals surface area contributed by atoms with Crippen LogP contribution in [0.1, 0.15) is 12.8 Å². The van der Waals surface area contributed by atoms with Crippen LogP contribution < -0.4 is 5.32 Å². The molecule has 0 aromatic carbocycles. The van der Waals surface area contributed by atoms with Gasteiger partial charge in [0.1, 0.15) is 0 Å². The summed E-state index contributed by atoms with van der Waals surface area (Å²) in [6.45, 7) is 2.50. The Morgan fingerprint density at radius 1 is 1.00 bits per heavy atom. The monoisotopic (exact) mass is 251 g/mol. The van der Waals surface area contributed by atoms with E-state index in [1.54, 1.807) is 0 Å². The van der Waals surface area contributed by atoms with Crippen molar-refractivity contribution in [2.75, 3.05) is 13.1 Å². The number of rotatable bonds is 0. The van der Waals surface area contributed by atoms with Gasteiger partial charge in [0.05, 0.1) is 0 Å². The topological polar surface area (TPSA) is 12.0 Å². The van der Waals surface area contributed by atoms with Gasteiger partial charge in [0, 0.05) is 25.8 Å². The van der Waals surface area contributed by atoms with Gasteiger partial charge in [-0.2, -0.15) is 0 Å². The fourth-order valence-electron chi connectivity index (χ4n) is 0.625. The minimum atomic E-state index is 0. The van der Waals surface area contributed by atoms with Crippen LogP contribution in [0.3, 0.4) is 0 Å². The van der Waals surface area contributed by atoms with Crippen molar-refractivity contribution in [1.82, 2.24) is 5.32 Å². The molecular weight excluding hydrogens is 241 g/mol. The molecule has 1 heterocycles. The summed E-state index contributed by atoms with van der Waals surface area (Å²) in [5.74, 6) is 0. The van der Waals surface area contributed by atoms with Crippen LogP contribution in [0.2, 0.25) is 0 Å². The van der Waals surface area contributed by atoms with Crippen LogP contribution in [-0.2, 0) is 25.8 Å². The molecule has 1 rings (SSSR count). The molecule has 34 valence electrons. The second-order valence-electron chi connectivity index (χ2n) is 1.46. The average Bonchev–Trinajstić information content (AvgIpc) is 1.76. The first kappa shape index (κ1) is 6.83. The van der Waals surface area contributed by atoms with Gasteiger partial charge in [-0.15, -0.1) is 0 Å². The maximum absolute atomic E-state index is 3.22. The molecule has 0 saturated carbocycles. The molecule has 1 nitrogen and oxygen atoms in total. The smallest absolute Gasteiger partial charge is 0 e. The quantitative estimate of drug-likeness (QED) is 0.612. The third kappa shape index (κ3) is 2.08. The zero-order valence-electron chi connectivity index (χ0n) is 3.83. The predicted molar refractivity (Wildman–Crippen MR) is 22.1 cm³/mol. The third-order valence-corrected chi connectivity index (χ3v) is 0.957. The fourth-order valence-corrected chi connectivity index (χ4v) is 0.625. The molecule has 1 aliphatic heterocycles. The number of nitrogens with one attached hydrogen (secondary N) is 1. The first-order chi connectivity index (χ1) is 2.50. The van der Waals surface area contributed by atoms with Crippen molar-refractivity contribution < 1.29 is 25.8 Å². The van der Waals surface area contributed by atoms with E-state index in [1.807, 2.05) is 0 Å². The molecule has 0 atom stereocenters. The second kappa shape index (κ2) is 4.00. The molecule has 1 saturated heterocycles. The van der Waals surface area contributed by atoms with Gasteiger partial charge in [-0.1, -0.05) is 0 Å². The normalized spacial score (nSPS) is 20.0. The Morgan fingerprint density at radius 3 is 1.67 bits per heavy atom. The van der Waals surface area contributed by atoms with Crippen LogP contribution in [0.15, 0.2) is 0 Å². The maximum Gasteiger partial charge on any atom is 0 e. The summed E-state index contributed by atoms with van der Waals surface area (Å²) in [5.41, 5.74) is 0. The van der Waals surface area contributed by atoms with E-state index in [9.17, 15) is 0 Å². The number of hydrogen-bond acceptors (Lipinski definition) is 1. The van der Waals surface area contributed by atoms with Gasteiger partial charge >= 0.3 is 0 Å². The molecule has 1 fully saturated rings. The first-order valence-electron chi connectivity index (χ1n) is 2.21. The largest absolute Gasteiger partial charge is 0.317 e. The minimum absolute atomic E-state index is 0. The average molecular weight is 250 g/mol. The minimum Gasteiger partial charge on any atom is -0.317 e. The summed E-state index contributed by atoms with van der Waals surface area (Å²) in [4.78, 5) is 0. The Kier molecular flexibility index (Phi) is 4.56. The van der Waals surface area contributed by atoms with E-state index in [0.29, 0.717) is 0 Å². The van der Waals surface area contributed by atoms with Crippen molar-refractivity contribution in [2.24, 2.45) is 0 Å². The van der Waals surface area contributed by atoms with Crippen LogP contribution in [0.4, 0.5) is 0 Å². The van der Waals surface area contributed by atoms with Gasteiger partial charge in [0.15, 0.2) is 0 Å². The molecule has 1 N–H and O–H groups in total. The maximum atomic E-state index is 3.22. The molecule has 0 radical (unpaired) electrons. The van der Waals surface area contributed by atoms with Gasteiger partial charge in [-0.25, -0.2) is 0 Å². The van der Waals surface area contributed by atoms with E-state index in [1.165, 1.54) is 25.9 Å². The SMILES string of the molecule is C1CCNC1.[Hf]. The Balaban J connectivity index is 0.000000250. The van der Waals surface area contributed by atoms with Crippen molar-refractivity contribution in [1.29, 1.82) is 0 Å². The van der Waals surface area contributed by atoms with E-state index in [4.69, 9.17) is 0 Å². The Labute approximate surface area is 57.3 Å². The van der Waals surface area contributed by atoms with Gasteiger partial charge in [0.2, 0.25) is 0 Å². The van der Waals surface area contributed by atoms with E-state index < -0.39 is 0 Å². The molecule has 2 heteroatoms. The van der Waals surface area contributed by atoms with E-state index in [2.05, 4.69) is 5.32 Å². The molecule has 6 heavy (non-hydrogen) atoms. The molecule has 0 aromatic rings. The molecule has 0 spiro atoms. The molecule has 0 aliphatic carbocycles. The summed E-state index contributed by atoms with van der Waals surface area (Å²) in [6.07, 6.45) is 2.78. The Morgan fingerprint density at radius 2 is 1.50 bits per heavy atom. The van der Waals surface area contributed by atoms with Crippen LogP contribution >= 0.6 is 0 Å². The summed E-state index contributed by atoms with van der Waals surface area (Å²) in [7, 11) is 0. The number of hydrogen-bond donors (Lipinski definition) is 1. The van der Waals surface area contributed by atoms with Crippen molar-refractivity contribution >= 4 is 0 Å².